The van der Waals surface area contributed by atoms with E-state index in [9.17, 15) is 0 Å². The van der Waals surface area contributed by atoms with Crippen molar-refractivity contribution in [2.24, 2.45) is 0 Å². The van der Waals surface area contributed by atoms with Crippen LogP contribution in [0.5, 0.6) is 0 Å². The highest BCUT2D eigenvalue weighted by Crippen LogP contribution is 2.25. The number of rotatable bonds is 4. The van der Waals surface area contributed by atoms with Crippen molar-refractivity contribution < 1.29 is 4.52 Å². The number of fused-ring (bicyclic) bond motifs is 1. The van der Waals surface area contributed by atoms with Gasteiger partial charge in [0.1, 0.15) is 5.76 Å². The number of hydrogen-bond acceptors (Lipinski definition) is 4. The van der Waals surface area contributed by atoms with E-state index < -0.39 is 0 Å². The Morgan fingerprint density at radius 2 is 2.05 bits per heavy atom. The minimum absolute atomic E-state index is 0.657. The van der Waals surface area contributed by atoms with E-state index in [1.54, 1.807) is 6.20 Å². The number of hydrogen-bond donors (Lipinski definition) is 1. The summed E-state index contributed by atoms with van der Waals surface area (Å²) >= 11 is 3.55. The molecule has 3 rings (SSSR count). The fraction of sp³-hybridized carbons (Fsp3) is 0.143. The number of pyridine rings is 1. The van der Waals surface area contributed by atoms with Gasteiger partial charge in [0, 0.05) is 28.7 Å². The smallest absolute Gasteiger partial charge is 0.150 e. The quantitative estimate of drug-likeness (QED) is 0.802. The monoisotopic (exact) mass is 317 g/mol. The third-order valence-electron chi connectivity index (χ3n) is 2.91. The lowest BCUT2D eigenvalue weighted by Crippen LogP contribution is -2.12. The van der Waals surface area contributed by atoms with Gasteiger partial charge in [-0.15, -0.1) is 0 Å². The molecule has 0 amide bonds. The molecule has 5 heteroatoms. The first-order valence-electron chi connectivity index (χ1n) is 5.97. The van der Waals surface area contributed by atoms with Gasteiger partial charge in [-0.3, -0.25) is 4.98 Å². The van der Waals surface area contributed by atoms with Gasteiger partial charge < -0.3 is 9.84 Å². The maximum Gasteiger partial charge on any atom is 0.150 e. The molecule has 0 radical (unpaired) electrons. The van der Waals surface area contributed by atoms with Crippen molar-refractivity contribution >= 4 is 26.8 Å². The second-order valence-corrected chi connectivity index (χ2v) is 5.04. The van der Waals surface area contributed by atoms with Gasteiger partial charge in [0.05, 0.1) is 18.3 Å². The first kappa shape index (κ1) is 12.3. The minimum Gasteiger partial charge on any atom is -0.360 e. The Hall–Kier alpha value is -1.72. The lowest BCUT2D eigenvalue weighted by molar-refractivity contribution is 0.373. The van der Waals surface area contributed by atoms with Crippen molar-refractivity contribution in [3.8, 4) is 0 Å². The van der Waals surface area contributed by atoms with Crippen molar-refractivity contribution in [3.63, 3.8) is 0 Å². The van der Waals surface area contributed by atoms with E-state index in [4.69, 9.17) is 4.52 Å². The summed E-state index contributed by atoms with van der Waals surface area (Å²) in [4.78, 5) is 4.45. The van der Waals surface area contributed by atoms with Crippen LogP contribution in [0.2, 0.25) is 0 Å². The van der Waals surface area contributed by atoms with Crippen molar-refractivity contribution in [1.82, 2.24) is 15.5 Å². The van der Waals surface area contributed by atoms with Crippen molar-refractivity contribution in [2.75, 3.05) is 0 Å². The number of nitrogens with zero attached hydrogens (tertiary/aromatic N) is 2. The lowest BCUT2D eigenvalue weighted by Gasteiger charge is -2.07. The third-order valence-corrected chi connectivity index (χ3v) is 3.60. The van der Waals surface area contributed by atoms with Crippen LogP contribution in [-0.4, -0.2) is 10.1 Å². The number of aromatic nitrogens is 2. The molecule has 0 atom stereocenters. The molecule has 0 aliphatic rings. The summed E-state index contributed by atoms with van der Waals surface area (Å²) in [6.07, 6.45) is 3.46. The molecule has 0 aliphatic heterocycles. The number of halogens is 1. The Balaban J connectivity index is 1.79. The summed E-state index contributed by atoms with van der Waals surface area (Å²) in [7, 11) is 0. The second kappa shape index (κ2) is 5.50. The molecule has 0 spiro atoms. The van der Waals surface area contributed by atoms with Crippen LogP contribution >= 0.6 is 15.9 Å². The van der Waals surface area contributed by atoms with Crippen LogP contribution in [0.3, 0.4) is 0 Å². The van der Waals surface area contributed by atoms with Crippen LogP contribution in [0.15, 0.2) is 51.7 Å². The zero-order chi connectivity index (χ0) is 13.1. The highest BCUT2D eigenvalue weighted by molar-refractivity contribution is 9.10. The molecule has 96 valence electrons. The predicted molar refractivity (Wildman–Crippen MR) is 76.5 cm³/mol. The lowest BCUT2D eigenvalue weighted by atomic mass is 10.1. The largest absolute Gasteiger partial charge is 0.360 e. The van der Waals surface area contributed by atoms with Gasteiger partial charge >= 0.3 is 0 Å². The standard InChI is InChI=1S/C14H12BrN3O/c15-13-4-3-10(14-12(13)2-1-6-17-14)8-16-9-11-5-7-18-19-11/h1-7,16H,8-9H2. The van der Waals surface area contributed by atoms with Crippen LogP contribution < -0.4 is 5.32 Å². The van der Waals surface area contributed by atoms with Crippen LogP contribution in [0, 0.1) is 0 Å². The predicted octanol–water partition coefficient (Wildman–Crippen LogP) is 3.28. The molecule has 19 heavy (non-hydrogen) atoms. The molecule has 0 saturated carbocycles. The zero-order valence-corrected chi connectivity index (χ0v) is 11.7. The molecule has 0 fully saturated rings. The maximum atomic E-state index is 5.04. The van der Waals surface area contributed by atoms with Crippen molar-refractivity contribution in [1.29, 1.82) is 0 Å². The molecule has 1 N–H and O–H groups in total. The van der Waals surface area contributed by atoms with Gasteiger partial charge in [0.25, 0.3) is 0 Å². The molecule has 0 saturated heterocycles. The van der Waals surface area contributed by atoms with E-state index in [0.717, 1.165) is 27.7 Å². The SMILES string of the molecule is Brc1ccc(CNCc2ccno2)c2ncccc12. The number of nitrogens with one attached hydrogen (secondary N) is 1. The Kier molecular flexibility index (Phi) is 3.57. The zero-order valence-electron chi connectivity index (χ0n) is 10.1. The van der Waals surface area contributed by atoms with Crippen LogP contribution in [0.4, 0.5) is 0 Å². The normalized spacial score (nSPS) is 11.0. The molecule has 3 aromatic rings. The molecule has 0 aliphatic carbocycles. The molecule has 0 bridgehead atoms. The summed E-state index contributed by atoms with van der Waals surface area (Å²) in [6.45, 7) is 1.39. The van der Waals surface area contributed by atoms with E-state index >= 15 is 0 Å². The summed E-state index contributed by atoms with van der Waals surface area (Å²) in [5, 5.41) is 8.13. The molecule has 0 unspecified atom stereocenters. The Bertz CT molecular complexity index is 682. The molecule has 2 aromatic heterocycles. The molecular formula is C14H12BrN3O. The summed E-state index contributed by atoms with van der Waals surface area (Å²) in [5.74, 6) is 0.828. The topological polar surface area (TPSA) is 51.0 Å². The van der Waals surface area contributed by atoms with Crippen molar-refractivity contribution in [2.45, 2.75) is 13.1 Å². The van der Waals surface area contributed by atoms with Gasteiger partial charge in [0.15, 0.2) is 0 Å². The van der Waals surface area contributed by atoms with Crippen LogP contribution in [0.25, 0.3) is 10.9 Å². The maximum absolute atomic E-state index is 5.04. The Labute approximate surface area is 119 Å². The van der Waals surface area contributed by atoms with Gasteiger partial charge in [0.2, 0.25) is 0 Å². The highest BCUT2D eigenvalue weighted by Gasteiger charge is 2.05. The molecule has 4 nitrogen and oxygen atoms in total. The summed E-state index contributed by atoms with van der Waals surface area (Å²) < 4.78 is 6.11. The summed E-state index contributed by atoms with van der Waals surface area (Å²) in [5.41, 5.74) is 2.18. The van der Waals surface area contributed by atoms with E-state index in [1.807, 2.05) is 18.3 Å². The van der Waals surface area contributed by atoms with Gasteiger partial charge in [-0.05, 0) is 17.7 Å². The third kappa shape index (κ3) is 2.67. The van der Waals surface area contributed by atoms with E-state index in [1.165, 1.54) is 5.56 Å². The highest BCUT2D eigenvalue weighted by atomic mass is 79.9. The first-order chi connectivity index (χ1) is 9.34. The van der Waals surface area contributed by atoms with Crippen LogP contribution in [0.1, 0.15) is 11.3 Å². The van der Waals surface area contributed by atoms with E-state index in [0.29, 0.717) is 6.54 Å². The average Bonchev–Trinajstić information content (AvgIpc) is 2.95. The number of benzene rings is 1. The molecule has 2 heterocycles. The molecule has 1 aromatic carbocycles. The van der Waals surface area contributed by atoms with Gasteiger partial charge in [-0.1, -0.05) is 33.2 Å². The average molecular weight is 318 g/mol. The minimum atomic E-state index is 0.657. The Morgan fingerprint density at radius 1 is 1.11 bits per heavy atom. The first-order valence-corrected chi connectivity index (χ1v) is 6.76. The van der Waals surface area contributed by atoms with Crippen LogP contribution in [-0.2, 0) is 13.1 Å². The van der Waals surface area contributed by atoms with Crippen molar-refractivity contribution in [3.05, 3.63) is 58.5 Å². The fourth-order valence-corrected chi connectivity index (χ4v) is 2.44. The fourth-order valence-electron chi connectivity index (χ4n) is 1.99. The van der Waals surface area contributed by atoms with Gasteiger partial charge in [-0.2, -0.15) is 0 Å². The second-order valence-electron chi connectivity index (χ2n) is 4.19. The van der Waals surface area contributed by atoms with E-state index in [-0.39, 0.29) is 0 Å². The Morgan fingerprint density at radius 3 is 2.89 bits per heavy atom. The van der Waals surface area contributed by atoms with E-state index in [2.05, 4.69) is 49.6 Å². The summed E-state index contributed by atoms with van der Waals surface area (Å²) in [6, 6.07) is 9.98. The van der Waals surface area contributed by atoms with Gasteiger partial charge in [-0.25, -0.2) is 0 Å². The molecular weight excluding hydrogens is 306 g/mol.